The molecule has 0 aromatic rings. The topological polar surface area (TPSA) is 29.5 Å². The molecule has 0 aromatic carbocycles. The Bertz CT molecular complexity index is 169. The molecule has 0 radical (unpaired) electrons. The standard InChI is InChI=1S/C7H11NO2/c1-5-2-6-4-10-7(9)8(6)3-5/h5-6H,2-4H2,1H3/t5-,6?/m0/s1. The fourth-order valence-corrected chi connectivity index (χ4v) is 1.78. The van der Waals surface area contributed by atoms with Gasteiger partial charge in [-0.25, -0.2) is 4.79 Å². The van der Waals surface area contributed by atoms with Gasteiger partial charge in [0.25, 0.3) is 0 Å². The van der Waals surface area contributed by atoms with Crippen LogP contribution in [0, 0.1) is 5.92 Å². The Balaban J connectivity index is 2.12. The van der Waals surface area contributed by atoms with Crippen molar-refractivity contribution in [2.75, 3.05) is 13.2 Å². The number of amides is 1. The van der Waals surface area contributed by atoms with Crippen molar-refractivity contribution in [1.29, 1.82) is 0 Å². The number of hydrogen-bond acceptors (Lipinski definition) is 2. The fraction of sp³-hybridized carbons (Fsp3) is 0.857. The average molecular weight is 141 g/mol. The molecule has 2 aliphatic rings. The first kappa shape index (κ1) is 6.01. The van der Waals surface area contributed by atoms with Gasteiger partial charge in [0.15, 0.2) is 0 Å². The number of cyclic esters (lactones) is 1. The predicted octanol–water partition coefficient (Wildman–Crippen LogP) is 0.847. The lowest BCUT2D eigenvalue weighted by atomic mass is 10.1. The Morgan fingerprint density at radius 1 is 1.70 bits per heavy atom. The molecule has 3 nitrogen and oxygen atoms in total. The minimum Gasteiger partial charge on any atom is -0.447 e. The van der Waals surface area contributed by atoms with Crippen molar-refractivity contribution in [2.24, 2.45) is 5.92 Å². The Hall–Kier alpha value is -0.730. The number of carbonyl (C=O) groups excluding carboxylic acids is 1. The van der Waals surface area contributed by atoms with E-state index in [1.54, 1.807) is 0 Å². The highest BCUT2D eigenvalue weighted by Gasteiger charge is 2.39. The summed E-state index contributed by atoms with van der Waals surface area (Å²) in [5.74, 6) is 0.665. The minimum absolute atomic E-state index is 0.116. The zero-order valence-electron chi connectivity index (χ0n) is 6.04. The normalized spacial score (nSPS) is 38.1. The van der Waals surface area contributed by atoms with Crippen molar-refractivity contribution >= 4 is 6.09 Å². The lowest BCUT2D eigenvalue weighted by molar-refractivity contribution is 0.157. The molecular weight excluding hydrogens is 130 g/mol. The van der Waals surface area contributed by atoms with Crippen molar-refractivity contribution in [3.8, 4) is 0 Å². The zero-order chi connectivity index (χ0) is 7.14. The summed E-state index contributed by atoms with van der Waals surface area (Å²) in [6.07, 6.45) is 1.00. The van der Waals surface area contributed by atoms with E-state index in [9.17, 15) is 4.79 Å². The van der Waals surface area contributed by atoms with Crippen LogP contribution in [0.15, 0.2) is 0 Å². The third kappa shape index (κ3) is 0.696. The van der Waals surface area contributed by atoms with E-state index >= 15 is 0 Å². The highest BCUT2D eigenvalue weighted by atomic mass is 16.6. The third-order valence-corrected chi connectivity index (χ3v) is 2.26. The molecule has 3 heteroatoms. The first-order valence-electron chi connectivity index (χ1n) is 3.71. The van der Waals surface area contributed by atoms with Crippen molar-refractivity contribution in [1.82, 2.24) is 4.90 Å². The van der Waals surface area contributed by atoms with E-state index < -0.39 is 0 Å². The number of fused-ring (bicyclic) bond motifs is 1. The maximum atomic E-state index is 10.9. The van der Waals surface area contributed by atoms with Crippen molar-refractivity contribution in [2.45, 2.75) is 19.4 Å². The van der Waals surface area contributed by atoms with Gasteiger partial charge in [0.2, 0.25) is 0 Å². The number of carbonyl (C=O) groups is 1. The lowest BCUT2D eigenvalue weighted by Crippen LogP contribution is -2.27. The van der Waals surface area contributed by atoms with E-state index in [4.69, 9.17) is 4.74 Å². The molecule has 2 saturated heterocycles. The maximum Gasteiger partial charge on any atom is 0.410 e. The van der Waals surface area contributed by atoms with Gasteiger partial charge in [-0.2, -0.15) is 0 Å². The van der Waals surface area contributed by atoms with Crippen LogP contribution in [0.25, 0.3) is 0 Å². The second-order valence-corrected chi connectivity index (χ2v) is 3.22. The van der Waals surface area contributed by atoms with Gasteiger partial charge in [0.1, 0.15) is 6.61 Å². The molecule has 2 heterocycles. The van der Waals surface area contributed by atoms with Crippen LogP contribution in [0.5, 0.6) is 0 Å². The molecule has 1 amide bonds. The summed E-state index contributed by atoms with van der Waals surface area (Å²) in [7, 11) is 0. The zero-order valence-corrected chi connectivity index (χ0v) is 6.04. The Morgan fingerprint density at radius 2 is 2.50 bits per heavy atom. The first-order chi connectivity index (χ1) is 4.77. The van der Waals surface area contributed by atoms with Gasteiger partial charge in [-0.3, -0.25) is 0 Å². The summed E-state index contributed by atoms with van der Waals surface area (Å²) >= 11 is 0. The largest absolute Gasteiger partial charge is 0.447 e. The molecule has 0 spiro atoms. The van der Waals surface area contributed by atoms with Crippen LogP contribution in [-0.4, -0.2) is 30.2 Å². The van der Waals surface area contributed by atoms with Gasteiger partial charge in [0.05, 0.1) is 6.04 Å². The van der Waals surface area contributed by atoms with Gasteiger partial charge in [-0.05, 0) is 12.3 Å². The second-order valence-electron chi connectivity index (χ2n) is 3.22. The van der Waals surface area contributed by atoms with E-state index in [-0.39, 0.29) is 6.09 Å². The van der Waals surface area contributed by atoms with E-state index in [2.05, 4.69) is 6.92 Å². The average Bonchev–Trinajstić information content (AvgIpc) is 2.35. The summed E-state index contributed by atoms with van der Waals surface area (Å²) in [6.45, 7) is 3.68. The van der Waals surface area contributed by atoms with E-state index in [0.717, 1.165) is 13.0 Å². The highest BCUT2D eigenvalue weighted by Crippen LogP contribution is 2.27. The smallest absolute Gasteiger partial charge is 0.410 e. The Morgan fingerprint density at radius 3 is 3.20 bits per heavy atom. The first-order valence-corrected chi connectivity index (χ1v) is 3.71. The predicted molar refractivity (Wildman–Crippen MR) is 35.6 cm³/mol. The van der Waals surface area contributed by atoms with Crippen LogP contribution in [0.4, 0.5) is 4.79 Å². The second kappa shape index (κ2) is 1.87. The molecule has 0 bridgehead atoms. The molecular formula is C7H11NO2. The van der Waals surface area contributed by atoms with Crippen LogP contribution in [0.1, 0.15) is 13.3 Å². The summed E-state index contributed by atoms with van der Waals surface area (Å²) in [4.78, 5) is 12.7. The molecule has 0 N–H and O–H groups in total. The quantitative estimate of drug-likeness (QED) is 0.500. The van der Waals surface area contributed by atoms with Crippen LogP contribution in [0.2, 0.25) is 0 Å². The molecule has 2 rings (SSSR count). The van der Waals surface area contributed by atoms with Gasteiger partial charge in [-0.1, -0.05) is 6.92 Å². The van der Waals surface area contributed by atoms with Gasteiger partial charge >= 0.3 is 6.09 Å². The van der Waals surface area contributed by atoms with E-state index in [1.807, 2.05) is 4.90 Å². The van der Waals surface area contributed by atoms with Crippen LogP contribution in [-0.2, 0) is 4.74 Å². The molecule has 10 heavy (non-hydrogen) atoms. The minimum atomic E-state index is -0.116. The number of hydrogen-bond donors (Lipinski definition) is 0. The SMILES string of the molecule is C[C@H]1CC2COC(=O)N2C1. The summed E-state index contributed by atoms with van der Waals surface area (Å²) in [5.41, 5.74) is 0. The fourth-order valence-electron chi connectivity index (χ4n) is 1.78. The van der Waals surface area contributed by atoms with Gasteiger partial charge < -0.3 is 9.64 Å². The summed E-state index contributed by atoms with van der Waals surface area (Å²) in [5, 5.41) is 0. The van der Waals surface area contributed by atoms with E-state index in [0.29, 0.717) is 18.6 Å². The molecule has 2 aliphatic heterocycles. The Kier molecular flexibility index (Phi) is 1.13. The van der Waals surface area contributed by atoms with Crippen LogP contribution >= 0.6 is 0 Å². The van der Waals surface area contributed by atoms with Crippen LogP contribution < -0.4 is 0 Å². The molecule has 1 unspecified atom stereocenters. The molecule has 56 valence electrons. The third-order valence-electron chi connectivity index (χ3n) is 2.26. The molecule has 0 saturated carbocycles. The molecule has 0 aromatic heterocycles. The molecule has 2 fully saturated rings. The number of rotatable bonds is 0. The number of nitrogens with zero attached hydrogens (tertiary/aromatic N) is 1. The summed E-state index contributed by atoms with van der Waals surface area (Å²) < 4.78 is 4.86. The van der Waals surface area contributed by atoms with Crippen molar-refractivity contribution < 1.29 is 9.53 Å². The van der Waals surface area contributed by atoms with Crippen molar-refractivity contribution in [3.05, 3.63) is 0 Å². The molecule has 0 aliphatic carbocycles. The van der Waals surface area contributed by atoms with Gasteiger partial charge in [-0.15, -0.1) is 0 Å². The maximum absolute atomic E-state index is 10.9. The van der Waals surface area contributed by atoms with E-state index in [1.165, 1.54) is 0 Å². The monoisotopic (exact) mass is 141 g/mol. The molecule has 2 atom stereocenters. The highest BCUT2D eigenvalue weighted by molar-refractivity contribution is 5.70. The van der Waals surface area contributed by atoms with Gasteiger partial charge in [0, 0.05) is 6.54 Å². The van der Waals surface area contributed by atoms with Crippen molar-refractivity contribution in [3.63, 3.8) is 0 Å². The van der Waals surface area contributed by atoms with Crippen LogP contribution in [0.3, 0.4) is 0 Å². The lowest BCUT2D eigenvalue weighted by Gasteiger charge is -2.08. The number of ether oxygens (including phenoxy) is 1. The summed E-state index contributed by atoms with van der Waals surface area (Å²) in [6, 6.07) is 0.391. The Labute approximate surface area is 60.0 Å².